The number of rotatable bonds is 7. The maximum absolute atomic E-state index is 12.2. The Bertz CT molecular complexity index is 902. The topological polar surface area (TPSA) is 68.3 Å². The predicted molar refractivity (Wildman–Crippen MR) is 109 cm³/mol. The van der Waals surface area contributed by atoms with Crippen molar-refractivity contribution in [1.82, 2.24) is 4.98 Å². The third kappa shape index (κ3) is 5.24. The van der Waals surface area contributed by atoms with Crippen molar-refractivity contribution in [2.75, 3.05) is 5.32 Å². The zero-order chi connectivity index (χ0) is 19.2. The summed E-state index contributed by atoms with van der Waals surface area (Å²) in [5.41, 5.74) is 3.57. The molecule has 0 spiro atoms. The first-order chi connectivity index (χ1) is 13.0. The summed E-state index contributed by atoms with van der Waals surface area (Å²) in [6.45, 7) is 3.63. The van der Waals surface area contributed by atoms with Crippen LogP contribution in [0.5, 0.6) is 0 Å². The van der Waals surface area contributed by atoms with Gasteiger partial charge in [-0.3, -0.25) is 9.59 Å². The lowest BCUT2D eigenvalue weighted by Gasteiger charge is -2.13. The second kappa shape index (κ2) is 8.92. The van der Waals surface area contributed by atoms with Crippen LogP contribution in [-0.4, -0.2) is 23.0 Å². The molecule has 140 valence electrons. The van der Waals surface area contributed by atoms with Crippen molar-refractivity contribution < 1.29 is 14.3 Å². The minimum absolute atomic E-state index is 0.0451. The van der Waals surface area contributed by atoms with Crippen molar-refractivity contribution >= 4 is 40.2 Å². The van der Waals surface area contributed by atoms with Gasteiger partial charge in [0, 0.05) is 22.0 Å². The quantitative estimate of drug-likeness (QED) is 0.591. The van der Waals surface area contributed by atoms with Crippen molar-refractivity contribution in [3.05, 3.63) is 57.7 Å². The Kier molecular flexibility index (Phi) is 6.36. The van der Waals surface area contributed by atoms with Gasteiger partial charge in [0.05, 0.1) is 12.1 Å². The average Bonchev–Trinajstić information content (AvgIpc) is 3.33. The molecule has 1 amide bonds. The summed E-state index contributed by atoms with van der Waals surface area (Å²) in [7, 11) is 0. The van der Waals surface area contributed by atoms with Gasteiger partial charge >= 0.3 is 5.97 Å². The number of aryl methyl sites for hydroxylation is 1. The monoisotopic (exact) mass is 400 g/mol. The Labute approximate surface area is 166 Å². The van der Waals surface area contributed by atoms with Crippen LogP contribution in [0.2, 0.25) is 0 Å². The average molecular weight is 401 g/mol. The molecule has 0 saturated heterocycles. The van der Waals surface area contributed by atoms with Crippen molar-refractivity contribution in [3.63, 3.8) is 0 Å². The number of aromatic nitrogens is 1. The second-order valence-electron chi connectivity index (χ2n) is 6.00. The molecule has 0 aliphatic carbocycles. The molecule has 3 aromatic rings. The highest BCUT2D eigenvalue weighted by molar-refractivity contribution is 7.14. The molecule has 0 aliphatic rings. The van der Waals surface area contributed by atoms with Crippen LogP contribution in [-0.2, 0) is 27.2 Å². The Hall–Kier alpha value is -2.51. The van der Waals surface area contributed by atoms with E-state index in [0.29, 0.717) is 11.4 Å². The number of anilines is 1. The van der Waals surface area contributed by atoms with Gasteiger partial charge in [-0.25, -0.2) is 4.98 Å². The summed E-state index contributed by atoms with van der Waals surface area (Å²) in [4.78, 5) is 28.8. The molecule has 0 fully saturated rings. The van der Waals surface area contributed by atoms with Gasteiger partial charge in [0.1, 0.15) is 5.01 Å². The highest BCUT2D eigenvalue weighted by Gasteiger charge is 2.19. The largest absolute Gasteiger partial charge is 0.452 e. The van der Waals surface area contributed by atoms with Crippen LogP contribution >= 0.6 is 22.7 Å². The molecule has 27 heavy (non-hydrogen) atoms. The van der Waals surface area contributed by atoms with Crippen molar-refractivity contribution in [3.8, 4) is 10.6 Å². The van der Waals surface area contributed by atoms with E-state index in [1.54, 1.807) is 18.3 Å². The standard InChI is InChI=1S/C20H20N2O3S2/c1-3-14-4-6-16(7-5-14)21-19(24)13(2)25-18(23)10-17-12-27-20(22-17)15-8-9-26-11-15/h4-9,11-13H,3,10H2,1-2H3,(H,21,24)/t13-/m1/s1. The fourth-order valence-electron chi connectivity index (χ4n) is 2.41. The number of thiazole rings is 1. The Morgan fingerprint density at radius 2 is 1.96 bits per heavy atom. The number of hydrogen-bond acceptors (Lipinski definition) is 6. The van der Waals surface area contributed by atoms with Crippen LogP contribution in [0.15, 0.2) is 46.5 Å². The summed E-state index contributed by atoms with van der Waals surface area (Å²) >= 11 is 3.09. The maximum Gasteiger partial charge on any atom is 0.312 e. The van der Waals surface area contributed by atoms with Crippen molar-refractivity contribution in [1.29, 1.82) is 0 Å². The van der Waals surface area contributed by atoms with Crippen molar-refractivity contribution in [2.24, 2.45) is 0 Å². The van der Waals surface area contributed by atoms with E-state index >= 15 is 0 Å². The molecule has 3 rings (SSSR count). The molecular formula is C20H20N2O3S2. The number of carbonyl (C=O) groups is 2. The molecule has 0 saturated carbocycles. The summed E-state index contributed by atoms with van der Waals surface area (Å²) < 4.78 is 5.25. The van der Waals surface area contributed by atoms with E-state index in [0.717, 1.165) is 17.0 Å². The van der Waals surface area contributed by atoms with E-state index in [1.807, 2.05) is 46.5 Å². The van der Waals surface area contributed by atoms with Crippen LogP contribution < -0.4 is 5.32 Å². The SMILES string of the molecule is CCc1ccc(NC(=O)[C@@H](C)OC(=O)Cc2csc(-c3ccsc3)n2)cc1. The van der Waals surface area contributed by atoms with E-state index in [9.17, 15) is 9.59 Å². The normalized spacial score (nSPS) is 11.8. The molecule has 0 bridgehead atoms. The lowest BCUT2D eigenvalue weighted by atomic mass is 10.1. The molecule has 1 atom stereocenters. The highest BCUT2D eigenvalue weighted by Crippen LogP contribution is 2.25. The fraction of sp³-hybridized carbons (Fsp3) is 0.250. The van der Waals surface area contributed by atoms with Gasteiger partial charge in [0.25, 0.3) is 5.91 Å². The zero-order valence-corrected chi connectivity index (χ0v) is 16.7. The first kappa shape index (κ1) is 19.3. The van der Waals surface area contributed by atoms with Crippen LogP contribution in [0.4, 0.5) is 5.69 Å². The second-order valence-corrected chi connectivity index (χ2v) is 7.64. The molecule has 0 aliphatic heterocycles. The molecule has 2 aromatic heterocycles. The summed E-state index contributed by atoms with van der Waals surface area (Å²) in [5, 5.41) is 9.47. The minimum atomic E-state index is -0.877. The fourth-order valence-corrected chi connectivity index (χ4v) is 3.95. The summed E-state index contributed by atoms with van der Waals surface area (Å²) in [6, 6.07) is 9.59. The molecule has 2 heterocycles. The lowest BCUT2D eigenvalue weighted by Crippen LogP contribution is -2.30. The zero-order valence-electron chi connectivity index (χ0n) is 15.1. The first-order valence-electron chi connectivity index (χ1n) is 8.61. The van der Waals surface area contributed by atoms with Crippen molar-refractivity contribution in [2.45, 2.75) is 32.8 Å². The summed E-state index contributed by atoms with van der Waals surface area (Å²) in [6.07, 6.45) is 0.106. The van der Waals surface area contributed by atoms with Gasteiger partial charge in [-0.15, -0.1) is 11.3 Å². The number of esters is 1. The first-order valence-corrected chi connectivity index (χ1v) is 10.4. The van der Waals surface area contributed by atoms with E-state index in [4.69, 9.17) is 4.74 Å². The molecule has 0 radical (unpaired) electrons. The number of amides is 1. The molecular weight excluding hydrogens is 380 g/mol. The third-order valence-electron chi connectivity index (χ3n) is 3.95. The van der Waals surface area contributed by atoms with E-state index in [2.05, 4.69) is 17.2 Å². The Morgan fingerprint density at radius 1 is 1.19 bits per heavy atom. The Morgan fingerprint density at radius 3 is 2.63 bits per heavy atom. The van der Waals surface area contributed by atoms with E-state index < -0.39 is 12.1 Å². The van der Waals surface area contributed by atoms with Crippen LogP contribution in [0.1, 0.15) is 25.1 Å². The van der Waals surface area contributed by atoms with Gasteiger partial charge in [-0.1, -0.05) is 19.1 Å². The highest BCUT2D eigenvalue weighted by atomic mass is 32.1. The van der Waals surface area contributed by atoms with Gasteiger partial charge in [0.15, 0.2) is 6.10 Å². The molecule has 7 heteroatoms. The lowest BCUT2D eigenvalue weighted by molar-refractivity contribution is -0.152. The Balaban J connectivity index is 1.51. The van der Waals surface area contributed by atoms with Gasteiger partial charge in [0.2, 0.25) is 0 Å². The third-order valence-corrected chi connectivity index (χ3v) is 5.58. The summed E-state index contributed by atoms with van der Waals surface area (Å²) in [5.74, 6) is -0.828. The number of thiophene rings is 1. The number of benzene rings is 1. The van der Waals surface area contributed by atoms with Gasteiger partial charge in [-0.05, 0) is 42.5 Å². The molecule has 0 unspecified atom stereocenters. The molecule has 1 aromatic carbocycles. The number of hydrogen-bond donors (Lipinski definition) is 1. The number of nitrogens with one attached hydrogen (secondary N) is 1. The van der Waals surface area contributed by atoms with Crippen LogP contribution in [0.3, 0.4) is 0 Å². The predicted octanol–water partition coefficient (Wildman–Crippen LogP) is 4.55. The molecule has 1 N–H and O–H groups in total. The van der Waals surface area contributed by atoms with Gasteiger partial charge < -0.3 is 10.1 Å². The smallest absolute Gasteiger partial charge is 0.312 e. The van der Waals surface area contributed by atoms with Gasteiger partial charge in [-0.2, -0.15) is 11.3 Å². The van der Waals surface area contributed by atoms with E-state index in [-0.39, 0.29) is 12.3 Å². The number of carbonyl (C=O) groups excluding carboxylic acids is 2. The molecule has 5 nitrogen and oxygen atoms in total. The number of nitrogens with zero attached hydrogens (tertiary/aromatic N) is 1. The van der Waals surface area contributed by atoms with Crippen LogP contribution in [0.25, 0.3) is 10.6 Å². The number of ether oxygens (including phenoxy) is 1. The maximum atomic E-state index is 12.2. The van der Waals surface area contributed by atoms with Crippen LogP contribution in [0, 0.1) is 0 Å². The van der Waals surface area contributed by atoms with E-state index in [1.165, 1.54) is 16.9 Å². The minimum Gasteiger partial charge on any atom is -0.452 e.